The second kappa shape index (κ2) is 8.23. The number of esters is 1. The monoisotopic (exact) mass is 388 g/mol. The van der Waals surface area contributed by atoms with Crippen LogP contribution >= 0.6 is 0 Å². The molecule has 0 bridgehead atoms. The number of hydrogen-bond acceptors (Lipinski definition) is 10. The number of rotatable bonds is 5. The second-order valence-corrected chi connectivity index (χ2v) is 6.71. The van der Waals surface area contributed by atoms with E-state index in [1.54, 1.807) is 6.08 Å². The zero-order valence-corrected chi connectivity index (χ0v) is 14.7. The molecule has 0 saturated carbocycles. The first-order valence-corrected chi connectivity index (χ1v) is 8.62. The van der Waals surface area contributed by atoms with Gasteiger partial charge < -0.3 is 44.5 Å². The van der Waals surface area contributed by atoms with Crippen molar-refractivity contribution < 1.29 is 49.3 Å². The molecule has 1 aliphatic carbocycles. The number of fused-ring (bicyclic) bond motifs is 1. The van der Waals surface area contributed by atoms with Crippen LogP contribution in [0.15, 0.2) is 23.5 Å². The fourth-order valence-electron chi connectivity index (χ4n) is 3.73. The predicted molar refractivity (Wildman–Crippen MR) is 86.6 cm³/mol. The Morgan fingerprint density at radius 3 is 2.56 bits per heavy atom. The van der Waals surface area contributed by atoms with Crippen molar-refractivity contribution >= 4 is 5.97 Å². The molecule has 0 spiro atoms. The molecule has 3 aliphatic rings. The molecule has 27 heavy (non-hydrogen) atoms. The van der Waals surface area contributed by atoms with Crippen LogP contribution in [0.2, 0.25) is 0 Å². The third-order valence-corrected chi connectivity index (χ3v) is 5.24. The van der Waals surface area contributed by atoms with Gasteiger partial charge in [-0.15, -0.1) is 0 Å². The average Bonchev–Trinajstić information content (AvgIpc) is 3.12. The maximum Gasteiger partial charge on any atom is 0.337 e. The van der Waals surface area contributed by atoms with E-state index in [0.29, 0.717) is 17.6 Å². The number of carbonyl (C=O) groups is 1. The summed E-state index contributed by atoms with van der Waals surface area (Å²) in [5.74, 6) is -1.42. The summed E-state index contributed by atoms with van der Waals surface area (Å²) < 4.78 is 21.3. The van der Waals surface area contributed by atoms with Crippen molar-refractivity contribution in [3.8, 4) is 0 Å². The predicted octanol–water partition coefficient (Wildman–Crippen LogP) is -2.23. The van der Waals surface area contributed by atoms with Gasteiger partial charge >= 0.3 is 5.97 Å². The van der Waals surface area contributed by atoms with Crippen LogP contribution in [0.5, 0.6) is 0 Å². The average molecular weight is 388 g/mol. The summed E-state index contributed by atoms with van der Waals surface area (Å²) >= 11 is 0. The Morgan fingerprint density at radius 2 is 1.93 bits per heavy atom. The van der Waals surface area contributed by atoms with Gasteiger partial charge in [-0.25, -0.2) is 4.79 Å². The number of methoxy groups -OCH3 is 1. The van der Waals surface area contributed by atoms with E-state index in [9.17, 15) is 30.3 Å². The molecular formula is C17H24O10. The first-order chi connectivity index (χ1) is 12.9. The zero-order valence-electron chi connectivity index (χ0n) is 14.7. The molecule has 10 heteroatoms. The molecular weight excluding hydrogens is 364 g/mol. The van der Waals surface area contributed by atoms with Crippen LogP contribution < -0.4 is 0 Å². The molecule has 1 fully saturated rings. The van der Waals surface area contributed by atoms with Crippen molar-refractivity contribution in [3.63, 3.8) is 0 Å². The third-order valence-electron chi connectivity index (χ3n) is 5.24. The lowest BCUT2D eigenvalue weighted by Crippen LogP contribution is -2.60. The van der Waals surface area contributed by atoms with Gasteiger partial charge in [0.05, 0.1) is 38.1 Å². The standard InChI is InChI=1S/C17H24O10/c1-24-15(23)9-6-25-16(11-7(4-18)2-3-8(9)11)27-17-14(22)13(21)12(20)10(5-19)26-17/h2,6,8,10-14,16-22H,3-5H2,1H3/t8-,10-,11-,12-,13+,14+,16-,17+/m1/s1. The number of ether oxygens (including phenoxy) is 4. The van der Waals surface area contributed by atoms with Gasteiger partial charge in [-0.2, -0.15) is 0 Å². The molecule has 10 nitrogen and oxygen atoms in total. The smallest absolute Gasteiger partial charge is 0.337 e. The summed E-state index contributed by atoms with van der Waals surface area (Å²) in [5, 5.41) is 48.8. The van der Waals surface area contributed by atoms with Crippen molar-refractivity contribution in [1.82, 2.24) is 0 Å². The number of hydrogen-bond donors (Lipinski definition) is 5. The minimum Gasteiger partial charge on any atom is -0.471 e. The molecule has 8 atom stereocenters. The lowest BCUT2D eigenvalue weighted by molar-refractivity contribution is -0.339. The minimum absolute atomic E-state index is 0.270. The largest absolute Gasteiger partial charge is 0.471 e. The lowest BCUT2D eigenvalue weighted by Gasteiger charge is -2.42. The lowest BCUT2D eigenvalue weighted by atomic mass is 9.83. The maximum atomic E-state index is 12.0. The van der Waals surface area contributed by atoms with E-state index in [0.717, 1.165) is 0 Å². The van der Waals surface area contributed by atoms with Crippen LogP contribution in [0.1, 0.15) is 6.42 Å². The van der Waals surface area contributed by atoms with E-state index in [4.69, 9.17) is 18.9 Å². The van der Waals surface area contributed by atoms with Crippen LogP contribution in [0.25, 0.3) is 0 Å². The van der Waals surface area contributed by atoms with Crippen molar-refractivity contribution in [2.24, 2.45) is 11.8 Å². The molecule has 0 aromatic carbocycles. The van der Waals surface area contributed by atoms with E-state index < -0.39 is 55.5 Å². The van der Waals surface area contributed by atoms with Crippen LogP contribution in [-0.4, -0.2) is 88.8 Å². The van der Waals surface area contributed by atoms with Crippen LogP contribution in [0.4, 0.5) is 0 Å². The van der Waals surface area contributed by atoms with Gasteiger partial charge in [0.2, 0.25) is 6.29 Å². The SMILES string of the molecule is COC(=O)C1=CO[C@H](O[C@@H]2O[C@H](CO)[C@@H](O)[C@H](O)[C@@H]2O)[C@@H]2C(CO)=CC[C@H]12. The van der Waals surface area contributed by atoms with Gasteiger partial charge in [-0.1, -0.05) is 6.08 Å². The maximum absolute atomic E-state index is 12.0. The summed E-state index contributed by atoms with van der Waals surface area (Å²) in [7, 11) is 1.25. The van der Waals surface area contributed by atoms with Crippen LogP contribution in [-0.2, 0) is 23.7 Å². The van der Waals surface area contributed by atoms with Crippen molar-refractivity contribution in [1.29, 1.82) is 0 Å². The molecule has 0 unspecified atom stereocenters. The topological polar surface area (TPSA) is 155 Å². The highest BCUT2D eigenvalue weighted by Crippen LogP contribution is 2.44. The Kier molecular flexibility index (Phi) is 6.16. The molecule has 5 N–H and O–H groups in total. The van der Waals surface area contributed by atoms with Gasteiger partial charge in [-0.3, -0.25) is 0 Å². The Balaban J connectivity index is 1.80. The third kappa shape index (κ3) is 3.61. The summed E-state index contributed by atoms with van der Waals surface area (Å²) in [6.07, 6.45) is -4.73. The Morgan fingerprint density at radius 1 is 1.19 bits per heavy atom. The van der Waals surface area contributed by atoms with E-state index in [-0.39, 0.29) is 12.5 Å². The Hall–Kier alpha value is -1.53. The first kappa shape index (κ1) is 20.2. The van der Waals surface area contributed by atoms with E-state index in [1.165, 1.54) is 13.4 Å². The van der Waals surface area contributed by atoms with Gasteiger partial charge in [0, 0.05) is 5.92 Å². The normalized spacial score (nSPS) is 41.3. The van der Waals surface area contributed by atoms with E-state index in [1.807, 2.05) is 0 Å². The molecule has 0 aromatic rings. The molecule has 2 aliphatic heterocycles. The second-order valence-electron chi connectivity index (χ2n) is 6.71. The van der Waals surface area contributed by atoms with Crippen LogP contribution in [0.3, 0.4) is 0 Å². The fourth-order valence-corrected chi connectivity index (χ4v) is 3.73. The number of aliphatic hydroxyl groups excluding tert-OH is 5. The molecule has 152 valence electrons. The van der Waals surface area contributed by atoms with Gasteiger partial charge in [-0.05, 0) is 12.0 Å². The summed E-state index contributed by atoms with van der Waals surface area (Å²) in [4.78, 5) is 12.0. The molecule has 0 aromatic heterocycles. The van der Waals surface area contributed by atoms with Crippen molar-refractivity contribution in [3.05, 3.63) is 23.5 Å². The fraction of sp³-hybridized carbons (Fsp3) is 0.706. The molecule has 1 saturated heterocycles. The Labute approximate surface area is 155 Å². The number of carbonyl (C=O) groups excluding carboxylic acids is 1. The van der Waals surface area contributed by atoms with Crippen LogP contribution in [0, 0.1) is 11.8 Å². The van der Waals surface area contributed by atoms with Gasteiger partial charge in [0.15, 0.2) is 6.29 Å². The molecule has 2 heterocycles. The van der Waals surface area contributed by atoms with E-state index >= 15 is 0 Å². The summed E-state index contributed by atoms with van der Waals surface area (Å²) in [5.41, 5.74) is 0.903. The quantitative estimate of drug-likeness (QED) is 0.258. The summed E-state index contributed by atoms with van der Waals surface area (Å²) in [6, 6.07) is 0. The van der Waals surface area contributed by atoms with Gasteiger partial charge in [0.25, 0.3) is 0 Å². The van der Waals surface area contributed by atoms with Crippen molar-refractivity contribution in [2.75, 3.05) is 20.3 Å². The summed E-state index contributed by atoms with van der Waals surface area (Å²) in [6.45, 7) is -0.857. The Bertz CT molecular complexity index is 615. The first-order valence-electron chi connectivity index (χ1n) is 8.62. The highest BCUT2D eigenvalue weighted by atomic mass is 16.8. The highest BCUT2D eigenvalue weighted by Gasteiger charge is 2.49. The molecule has 0 radical (unpaired) electrons. The minimum atomic E-state index is -1.59. The van der Waals surface area contributed by atoms with E-state index in [2.05, 4.69) is 0 Å². The molecule has 0 amide bonds. The number of aliphatic hydroxyl groups is 5. The van der Waals surface area contributed by atoms with Crippen molar-refractivity contribution in [2.45, 2.75) is 43.4 Å². The van der Waals surface area contributed by atoms with Gasteiger partial charge in [0.1, 0.15) is 24.4 Å². The number of allylic oxidation sites excluding steroid dienone is 1. The molecule has 3 rings (SSSR count). The highest BCUT2D eigenvalue weighted by molar-refractivity contribution is 5.89. The zero-order chi connectivity index (χ0) is 19.7.